The van der Waals surface area contributed by atoms with Crippen LogP contribution in [-0.2, 0) is 16.0 Å². The Morgan fingerprint density at radius 3 is 2.36 bits per heavy atom. The van der Waals surface area contributed by atoms with Crippen molar-refractivity contribution in [1.29, 1.82) is 0 Å². The van der Waals surface area contributed by atoms with Crippen LogP contribution in [0.25, 0.3) is 0 Å². The van der Waals surface area contributed by atoms with Gasteiger partial charge in [0.2, 0.25) is 11.8 Å². The molecule has 3 aliphatic rings. The largest absolute Gasteiger partial charge is 0.495 e. The Bertz CT molecular complexity index is 1140. The van der Waals surface area contributed by atoms with Gasteiger partial charge in [0, 0.05) is 45.1 Å². The van der Waals surface area contributed by atoms with Gasteiger partial charge in [-0.1, -0.05) is 12.1 Å². The standard InChI is InChI=1S/C24H27N5O4/c1-26-21(30)24(22(31)27(2)23(26)32)13-15-12-16(25)8-9-17(15)29-11-10-28(14-20(24)29)18-6-4-5-7-19(18)33-3/h4-9,12,20H,10-11,13-14,25H2,1-3H3/t20-/m0/s1. The molecule has 1 spiro atoms. The number of nitrogens with zero attached hydrogens (tertiary/aromatic N) is 4. The second kappa shape index (κ2) is 7.40. The highest BCUT2D eigenvalue weighted by molar-refractivity contribution is 6.20. The van der Waals surface area contributed by atoms with Gasteiger partial charge in [-0.3, -0.25) is 19.4 Å². The Morgan fingerprint density at radius 1 is 0.970 bits per heavy atom. The third kappa shape index (κ3) is 2.88. The van der Waals surface area contributed by atoms with Crippen LogP contribution < -0.4 is 20.3 Å². The number of methoxy groups -OCH3 is 1. The first-order chi connectivity index (χ1) is 15.8. The van der Waals surface area contributed by atoms with Crippen LogP contribution in [0.5, 0.6) is 5.75 Å². The van der Waals surface area contributed by atoms with E-state index >= 15 is 0 Å². The van der Waals surface area contributed by atoms with Crippen LogP contribution in [0.4, 0.5) is 21.9 Å². The summed E-state index contributed by atoms with van der Waals surface area (Å²) in [5.74, 6) is -0.212. The zero-order valence-corrected chi connectivity index (χ0v) is 18.9. The van der Waals surface area contributed by atoms with Crippen molar-refractivity contribution in [1.82, 2.24) is 9.80 Å². The van der Waals surface area contributed by atoms with Crippen LogP contribution in [0, 0.1) is 5.41 Å². The maximum absolute atomic E-state index is 13.7. The first-order valence-corrected chi connectivity index (χ1v) is 10.9. The first-order valence-electron chi connectivity index (χ1n) is 10.9. The van der Waals surface area contributed by atoms with Crippen molar-refractivity contribution in [2.45, 2.75) is 12.5 Å². The maximum Gasteiger partial charge on any atom is 0.332 e. The van der Waals surface area contributed by atoms with E-state index in [1.807, 2.05) is 42.5 Å². The maximum atomic E-state index is 13.7. The van der Waals surface area contributed by atoms with Crippen LogP contribution in [0.3, 0.4) is 0 Å². The van der Waals surface area contributed by atoms with Gasteiger partial charge in [-0.2, -0.15) is 0 Å². The third-order valence-corrected chi connectivity index (χ3v) is 7.20. The fourth-order valence-electron chi connectivity index (χ4n) is 5.57. The average molecular weight is 450 g/mol. The zero-order valence-electron chi connectivity index (χ0n) is 18.9. The van der Waals surface area contributed by atoms with Crippen molar-refractivity contribution in [2.75, 3.05) is 56.4 Å². The molecule has 0 unspecified atom stereocenters. The fourth-order valence-corrected chi connectivity index (χ4v) is 5.57. The number of hydrogen-bond acceptors (Lipinski definition) is 7. The molecule has 0 bridgehead atoms. The summed E-state index contributed by atoms with van der Waals surface area (Å²) in [6, 6.07) is 12.3. The van der Waals surface area contributed by atoms with Crippen LogP contribution in [0.15, 0.2) is 42.5 Å². The van der Waals surface area contributed by atoms with E-state index in [9.17, 15) is 14.4 Å². The number of urea groups is 1. The minimum atomic E-state index is -1.43. The molecule has 2 saturated heterocycles. The zero-order chi connectivity index (χ0) is 23.5. The second-order valence-corrected chi connectivity index (χ2v) is 8.87. The Balaban J connectivity index is 1.66. The third-order valence-electron chi connectivity index (χ3n) is 7.20. The average Bonchev–Trinajstić information content (AvgIpc) is 2.84. The Labute approximate surface area is 192 Å². The minimum Gasteiger partial charge on any atom is -0.495 e. The highest BCUT2D eigenvalue weighted by Gasteiger charge is 2.64. The molecule has 33 heavy (non-hydrogen) atoms. The lowest BCUT2D eigenvalue weighted by atomic mass is 9.67. The smallest absolute Gasteiger partial charge is 0.332 e. The lowest BCUT2D eigenvalue weighted by molar-refractivity contribution is -0.159. The molecule has 2 aromatic rings. The van der Waals surface area contributed by atoms with Crippen LogP contribution in [0.1, 0.15) is 5.56 Å². The fraction of sp³-hybridized carbons (Fsp3) is 0.375. The van der Waals surface area contributed by atoms with Gasteiger partial charge in [-0.15, -0.1) is 0 Å². The van der Waals surface area contributed by atoms with Crippen molar-refractivity contribution in [2.24, 2.45) is 5.41 Å². The number of amides is 4. The van der Waals surface area contributed by atoms with Crippen LogP contribution >= 0.6 is 0 Å². The molecule has 1 atom stereocenters. The first kappa shape index (κ1) is 21.1. The minimum absolute atomic E-state index is 0.188. The predicted octanol–water partition coefficient (Wildman–Crippen LogP) is 1.57. The van der Waals surface area contributed by atoms with Gasteiger partial charge >= 0.3 is 6.03 Å². The Kier molecular flexibility index (Phi) is 4.73. The molecule has 2 aromatic carbocycles. The lowest BCUT2D eigenvalue weighted by Crippen LogP contribution is -2.74. The summed E-state index contributed by atoms with van der Waals surface area (Å²) in [5, 5.41) is 0. The van der Waals surface area contributed by atoms with E-state index < -0.39 is 29.3 Å². The van der Waals surface area contributed by atoms with Crippen molar-refractivity contribution in [3.05, 3.63) is 48.0 Å². The van der Waals surface area contributed by atoms with Crippen molar-refractivity contribution in [3.63, 3.8) is 0 Å². The van der Waals surface area contributed by atoms with E-state index in [-0.39, 0.29) is 6.42 Å². The number of nitrogens with two attached hydrogens (primary N) is 1. The number of rotatable bonds is 2. The number of anilines is 3. The molecule has 4 amide bonds. The molecular formula is C24H27N5O4. The van der Waals surface area contributed by atoms with Gasteiger partial charge in [0.05, 0.1) is 18.8 Å². The molecule has 0 aromatic heterocycles. The molecule has 0 aliphatic carbocycles. The summed E-state index contributed by atoms with van der Waals surface area (Å²) >= 11 is 0. The molecular weight excluding hydrogens is 422 g/mol. The van der Waals surface area contributed by atoms with Gasteiger partial charge in [0.25, 0.3) is 0 Å². The number of para-hydroxylation sites is 2. The topological polar surface area (TPSA) is 99.4 Å². The molecule has 0 saturated carbocycles. The van der Waals surface area contributed by atoms with Gasteiger partial charge < -0.3 is 20.3 Å². The lowest BCUT2D eigenvalue weighted by Gasteiger charge is -2.56. The summed E-state index contributed by atoms with van der Waals surface area (Å²) < 4.78 is 5.57. The van der Waals surface area contributed by atoms with Gasteiger partial charge in [0.1, 0.15) is 5.75 Å². The number of imide groups is 2. The quantitative estimate of drug-likeness (QED) is 0.549. The van der Waals surface area contributed by atoms with E-state index in [0.717, 1.165) is 32.5 Å². The Morgan fingerprint density at radius 2 is 1.67 bits per heavy atom. The predicted molar refractivity (Wildman–Crippen MR) is 124 cm³/mol. The normalized spacial score (nSPS) is 21.9. The molecule has 5 rings (SSSR count). The molecule has 2 N–H and O–H groups in total. The molecule has 172 valence electrons. The number of nitrogen functional groups attached to an aromatic ring is 1. The van der Waals surface area contributed by atoms with Crippen molar-refractivity contribution < 1.29 is 19.1 Å². The van der Waals surface area contributed by atoms with Crippen LogP contribution in [0.2, 0.25) is 0 Å². The summed E-state index contributed by atoms with van der Waals surface area (Å²) in [4.78, 5) is 46.5. The summed E-state index contributed by atoms with van der Waals surface area (Å²) in [7, 11) is 4.51. The monoisotopic (exact) mass is 449 g/mol. The molecule has 9 nitrogen and oxygen atoms in total. The number of hydrogen-bond donors (Lipinski definition) is 1. The van der Waals surface area contributed by atoms with Crippen molar-refractivity contribution >= 4 is 34.9 Å². The number of carbonyl (C=O) groups excluding carboxylic acids is 3. The number of benzene rings is 2. The van der Waals surface area contributed by atoms with Gasteiger partial charge in [0.15, 0.2) is 5.41 Å². The summed E-state index contributed by atoms with van der Waals surface area (Å²) in [6.07, 6.45) is 0.188. The van der Waals surface area contributed by atoms with Crippen molar-refractivity contribution in [3.8, 4) is 5.75 Å². The molecule has 9 heteroatoms. The van der Waals surface area contributed by atoms with E-state index in [1.54, 1.807) is 7.11 Å². The van der Waals surface area contributed by atoms with Gasteiger partial charge in [-0.25, -0.2) is 4.79 Å². The molecule has 3 heterocycles. The summed E-state index contributed by atoms with van der Waals surface area (Å²) in [5.41, 5.74) is 7.92. The van der Waals surface area contributed by atoms with Crippen LogP contribution in [-0.4, -0.2) is 74.5 Å². The highest BCUT2D eigenvalue weighted by atomic mass is 16.5. The van der Waals surface area contributed by atoms with E-state index in [0.29, 0.717) is 25.3 Å². The van der Waals surface area contributed by atoms with E-state index in [1.165, 1.54) is 14.1 Å². The van der Waals surface area contributed by atoms with Gasteiger partial charge in [-0.05, 0) is 42.3 Å². The number of ether oxygens (including phenoxy) is 1. The summed E-state index contributed by atoms with van der Waals surface area (Å²) in [6.45, 7) is 1.71. The second-order valence-electron chi connectivity index (χ2n) is 8.87. The van der Waals surface area contributed by atoms with E-state index in [2.05, 4.69) is 9.80 Å². The molecule has 3 aliphatic heterocycles. The Hall–Kier alpha value is -3.75. The molecule has 2 fully saturated rings. The number of piperazine rings is 1. The highest BCUT2D eigenvalue weighted by Crippen LogP contribution is 2.48. The molecule has 0 radical (unpaired) electrons. The number of carbonyl (C=O) groups is 3. The number of barbiturate groups is 1. The van der Waals surface area contributed by atoms with E-state index in [4.69, 9.17) is 10.5 Å². The number of fused-ring (bicyclic) bond motifs is 4. The SMILES string of the molecule is COc1ccccc1N1CCN2c3ccc(N)cc3CC3(C(=O)N(C)C(=O)N(C)C3=O)[C@@H]2C1.